The molecule has 0 aliphatic heterocycles. The van der Waals surface area contributed by atoms with E-state index in [0.717, 1.165) is 27.9 Å². The maximum atomic E-state index is 6.45. The third-order valence-electron chi connectivity index (χ3n) is 3.91. The van der Waals surface area contributed by atoms with E-state index in [2.05, 4.69) is 48.7 Å². The first-order valence-corrected chi connectivity index (χ1v) is 7.83. The Bertz CT molecular complexity index is 935. The van der Waals surface area contributed by atoms with Gasteiger partial charge in [0, 0.05) is 10.1 Å². The van der Waals surface area contributed by atoms with Crippen LogP contribution in [0, 0.1) is 6.92 Å². The Morgan fingerprint density at radius 1 is 1.10 bits per heavy atom. The highest BCUT2D eigenvalue weighted by atomic mass is 32.1. The van der Waals surface area contributed by atoms with Gasteiger partial charge in [-0.15, -0.1) is 11.3 Å². The van der Waals surface area contributed by atoms with Crippen LogP contribution in [0.25, 0.3) is 21.1 Å². The molecule has 0 fully saturated rings. The summed E-state index contributed by atoms with van der Waals surface area (Å²) in [5.41, 5.74) is 9.66. The summed E-state index contributed by atoms with van der Waals surface area (Å²) in [6.07, 6.45) is 0. The lowest BCUT2D eigenvalue weighted by Crippen LogP contribution is -2.10. The number of hydrogen-bond donors (Lipinski definition) is 1. The number of fused-ring (bicyclic) bond motifs is 2. The molecule has 0 aliphatic rings. The molecule has 0 bridgehead atoms. The van der Waals surface area contributed by atoms with Crippen LogP contribution < -0.4 is 5.73 Å². The molecule has 2 heterocycles. The molecule has 0 radical (unpaired) electrons. The van der Waals surface area contributed by atoms with Crippen LogP contribution in [0.1, 0.15) is 22.9 Å². The van der Waals surface area contributed by atoms with Crippen molar-refractivity contribution in [3.8, 4) is 0 Å². The molecule has 2 aromatic heterocycles. The molecule has 0 aliphatic carbocycles. The van der Waals surface area contributed by atoms with E-state index in [9.17, 15) is 0 Å². The number of aryl methyl sites for hydroxylation is 1. The minimum atomic E-state index is -0.229. The Morgan fingerprint density at radius 2 is 1.95 bits per heavy atom. The lowest BCUT2D eigenvalue weighted by Gasteiger charge is -2.07. The van der Waals surface area contributed by atoms with Gasteiger partial charge in [0.25, 0.3) is 0 Å². The Labute approximate surface area is 126 Å². The van der Waals surface area contributed by atoms with Gasteiger partial charge in [0.1, 0.15) is 11.3 Å². The van der Waals surface area contributed by atoms with Crippen molar-refractivity contribution < 1.29 is 4.42 Å². The van der Waals surface area contributed by atoms with Gasteiger partial charge in [-0.3, -0.25) is 0 Å². The number of benzene rings is 2. The topological polar surface area (TPSA) is 39.2 Å². The van der Waals surface area contributed by atoms with Crippen LogP contribution in [0.2, 0.25) is 0 Å². The fourth-order valence-electron chi connectivity index (χ4n) is 2.77. The molecule has 1 atom stereocenters. The van der Waals surface area contributed by atoms with Crippen LogP contribution in [0.4, 0.5) is 0 Å². The zero-order valence-electron chi connectivity index (χ0n) is 11.7. The van der Waals surface area contributed by atoms with Gasteiger partial charge in [-0.1, -0.05) is 36.4 Å². The van der Waals surface area contributed by atoms with Crippen molar-refractivity contribution in [2.75, 3.05) is 0 Å². The Kier molecular flexibility index (Phi) is 2.84. The number of nitrogens with two attached hydrogens (primary N) is 1. The molecule has 2 N–H and O–H groups in total. The summed E-state index contributed by atoms with van der Waals surface area (Å²) in [5, 5.41) is 4.46. The standard InChI is InChI=1S/C18H15NOS/c1-11-5-4-6-12-9-15(20-18(11)12)17(19)14-10-21-16-8-3-2-7-13(14)16/h2-10,17H,19H2,1H3. The summed E-state index contributed by atoms with van der Waals surface area (Å²) in [4.78, 5) is 0. The van der Waals surface area contributed by atoms with Gasteiger partial charge >= 0.3 is 0 Å². The summed E-state index contributed by atoms with van der Waals surface area (Å²) >= 11 is 1.73. The molecule has 21 heavy (non-hydrogen) atoms. The zero-order valence-corrected chi connectivity index (χ0v) is 12.5. The Morgan fingerprint density at radius 3 is 2.81 bits per heavy atom. The van der Waals surface area contributed by atoms with Gasteiger partial charge in [-0.05, 0) is 40.9 Å². The molecule has 4 aromatic rings. The van der Waals surface area contributed by atoms with E-state index in [1.165, 1.54) is 10.1 Å². The van der Waals surface area contributed by atoms with Gasteiger partial charge < -0.3 is 10.2 Å². The van der Waals surface area contributed by atoms with Crippen molar-refractivity contribution in [2.24, 2.45) is 5.73 Å². The van der Waals surface area contributed by atoms with Crippen LogP contribution in [0.3, 0.4) is 0 Å². The molecule has 0 saturated carbocycles. The van der Waals surface area contributed by atoms with Crippen molar-refractivity contribution in [3.05, 3.63) is 70.8 Å². The average Bonchev–Trinajstić information content (AvgIpc) is 3.11. The molecular weight excluding hydrogens is 278 g/mol. The van der Waals surface area contributed by atoms with Gasteiger partial charge in [-0.25, -0.2) is 0 Å². The number of furan rings is 1. The van der Waals surface area contributed by atoms with Crippen molar-refractivity contribution in [1.29, 1.82) is 0 Å². The van der Waals surface area contributed by atoms with Gasteiger partial charge in [0.05, 0.1) is 6.04 Å². The number of rotatable bonds is 2. The minimum Gasteiger partial charge on any atom is -0.459 e. The minimum absolute atomic E-state index is 0.229. The van der Waals surface area contributed by atoms with Crippen LogP contribution in [0.15, 0.2) is 58.3 Å². The van der Waals surface area contributed by atoms with Crippen molar-refractivity contribution in [3.63, 3.8) is 0 Å². The summed E-state index contributed by atoms with van der Waals surface area (Å²) in [5.74, 6) is 0.822. The van der Waals surface area contributed by atoms with E-state index >= 15 is 0 Å². The highest BCUT2D eigenvalue weighted by molar-refractivity contribution is 7.17. The van der Waals surface area contributed by atoms with Gasteiger partial charge in [0.15, 0.2) is 0 Å². The molecule has 104 valence electrons. The Hall–Kier alpha value is -2.10. The fourth-order valence-corrected chi connectivity index (χ4v) is 3.77. The quantitative estimate of drug-likeness (QED) is 0.564. The molecule has 3 heteroatoms. The summed E-state index contributed by atoms with van der Waals surface area (Å²) in [6.45, 7) is 2.06. The third-order valence-corrected chi connectivity index (χ3v) is 4.89. The lowest BCUT2D eigenvalue weighted by molar-refractivity contribution is 0.525. The lowest BCUT2D eigenvalue weighted by atomic mass is 10.0. The molecule has 1 unspecified atom stereocenters. The monoisotopic (exact) mass is 293 g/mol. The summed E-state index contributed by atoms with van der Waals surface area (Å²) in [7, 11) is 0. The van der Waals surface area contributed by atoms with Crippen LogP contribution >= 0.6 is 11.3 Å². The highest BCUT2D eigenvalue weighted by Crippen LogP contribution is 2.34. The second-order valence-corrected chi connectivity index (χ2v) is 6.22. The largest absolute Gasteiger partial charge is 0.459 e. The predicted octanol–water partition coefficient (Wildman–Crippen LogP) is 5.00. The maximum Gasteiger partial charge on any atom is 0.137 e. The van der Waals surface area contributed by atoms with E-state index in [0.29, 0.717) is 0 Å². The molecular formula is C18H15NOS. The molecule has 2 nitrogen and oxygen atoms in total. The SMILES string of the molecule is Cc1cccc2cc(C(N)c3csc4ccccc34)oc12. The normalized spacial score (nSPS) is 13.0. The number of hydrogen-bond acceptors (Lipinski definition) is 3. The van der Waals surface area contributed by atoms with Crippen molar-refractivity contribution in [1.82, 2.24) is 0 Å². The van der Waals surface area contributed by atoms with E-state index < -0.39 is 0 Å². The van der Waals surface area contributed by atoms with Gasteiger partial charge in [-0.2, -0.15) is 0 Å². The fraction of sp³-hybridized carbons (Fsp3) is 0.111. The van der Waals surface area contributed by atoms with Crippen molar-refractivity contribution >= 4 is 32.4 Å². The third kappa shape index (κ3) is 1.97. The van der Waals surface area contributed by atoms with E-state index in [4.69, 9.17) is 10.2 Å². The molecule has 2 aromatic carbocycles. The first-order chi connectivity index (χ1) is 10.2. The highest BCUT2D eigenvalue weighted by Gasteiger charge is 2.18. The molecule has 4 rings (SSSR count). The van der Waals surface area contributed by atoms with Gasteiger partial charge in [0.2, 0.25) is 0 Å². The smallest absolute Gasteiger partial charge is 0.137 e. The molecule has 0 amide bonds. The summed E-state index contributed by atoms with van der Waals surface area (Å²) < 4.78 is 7.27. The first kappa shape index (κ1) is 12.6. The average molecular weight is 293 g/mol. The molecule has 0 saturated heterocycles. The van der Waals surface area contributed by atoms with E-state index in [-0.39, 0.29) is 6.04 Å². The number of thiophene rings is 1. The van der Waals surface area contributed by atoms with Crippen LogP contribution in [-0.2, 0) is 0 Å². The zero-order chi connectivity index (χ0) is 14.4. The predicted molar refractivity (Wildman–Crippen MR) is 88.8 cm³/mol. The maximum absolute atomic E-state index is 6.45. The van der Waals surface area contributed by atoms with E-state index in [1.807, 2.05) is 12.1 Å². The van der Waals surface area contributed by atoms with Crippen LogP contribution in [0.5, 0.6) is 0 Å². The van der Waals surface area contributed by atoms with Crippen LogP contribution in [-0.4, -0.2) is 0 Å². The first-order valence-electron chi connectivity index (χ1n) is 6.95. The summed E-state index contributed by atoms with van der Waals surface area (Å²) in [6, 6.07) is 16.3. The number of para-hydroxylation sites is 1. The Balaban J connectivity index is 1.86. The second kappa shape index (κ2) is 4.72. The second-order valence-electron chi connectivity index (χ2n) is 5.31. The molecule has 0 spiro atoms. The van der Waals surface area contributed by atoms with E-state index in [1.54, 1.807) is 11.3 Å². The van der Waals surface area contributed by atoms with Crippen molar-refractivity contribution in [2.45, 2.75) is 13.0 Å².